The maximum absolute atomic E-state index is 12.6. The lowest BCUT2D eigenvalue weighted by molar-refractivity contribution is -0.137. The minimum absolute atomic E-state index is 0.0302. The number of benzene rings is 2. The van der Waals surface area contributed by atoms with E-state index in [1.54, 1.807) is 6.20 Å². The summed E-state index contributed by atoms with van der Waals surface area (Å²) in [5.41, 5.74) is 1.55. The van der Waals surface area contributed by atoms with Crippen LogP contribution in [-0.4, -0.2) is 15.7 Å². The van der Waals surface area contributed by atoms with Gasteiger partial charge in [0.05, 0.1) is 10.9 Å². The number of rotatable bonds is 4. The van der Waals surface area contributed by atoms with Crippen LogP contribution in [-0.2, 0) is 12.7 Å². The standard InChI is InChI=1S/C18H13BrF3NO/c19-9-17(24)15-11-23(16-4-2-1-3-14(15)16)10-12-5-7-13(8-6-12)18(20,21)22/h1-8,11H,9-10H2. The van der Waals surface area contributed by atoms with Crippen molar-refractivity contribution in [2.24, 2.45) is 0 Å². The van der Waals surface area contributed by atoms with Crippen LogP contribution >= 0.6 is 15.9 Å². The molecule has 0 amide bonds. The van der Waals surface area contributed by atoms with E-state index in [2.05, 4.69) is 15.9 Å². The van der Waals surface area contributed by atoms with Crippen LogP contribution in [0.4, 0.5) is 13.2 Å². The van der Waals surface area contributed by atoms with Gasteiger partial charge in [-0.3, -0.25) is 4.79 Å². The lowest BCUT2D eigenvalue weighted by Gasteiger charge is -2.09. The Bertz CT molecular complexity index is 881. The van der Waals surface area contributed by atoms with Crippen molar-refractivity contribution in [3.05, 3.63) is 71.4 Å². The number of alkyl halides is 4. The molecule has 0 radical (unpaired) electrons. The lowest BCUT2D eigenvalue weighted by atomic mass is 10.1. The topological polar surface area (TPSA) is 22.0 Å². The van der Waals surface area contributed by atoms with Crippen molar-refractivity contribution in [3.8, 4) is 0 Å². The molecule has 6 heteroatoms. The van der Waals surface area contributed by atoms with Crippen LogP contribution in [0.15, 0.2) is 54.7 Å². The van der Waals surface area contributed by atoms with Gasteiger partial charge in [-0.15, -0.1) is 0 Å². The summed E-state index contributed by atoms with van der Waals surface area (Å²) in [4.78, 5) is 12.1. The minimum Gasteiger partial charge on any atom is -0.342 e. The Kier molecular flexibility index (Phi) is 4.49. The van der Waals surface area contributed by atoms with Crippen molar-refractivity contribution in [3.63, 3.8) is 0 Å². The van der Waals surface area contributed by atoms with Crippen molar-refractivity contribution in [1.82, 2.24) is 4.57 Å². The monoisotopic (exact) mass is 395 g/mol. The fourth-order valence-electron chi connectivity index (χ4n) is 2.67. The average molecular weight is 396 g/mol. The Morgan fingerprint density at radius 2 is 1.71 bits per heavy atom. The summed E-state index contributed by atoms with van der Waals surface area (Å²) in [6.45, 7) is 0.397. The van der Waals surface area contributed by atoms with Gasteiger partial charge in [0, 0.05) is 29.2 Å². The van der Waals surface area contributed by atoms with Crippen LogP contribution in [0.2, 0.25) is 0 Å². The van der Waals surface area contributed by atoms with E-state index in [1.165, 1.54) is 12.1 Å². The zero-order chi connectivity index (χ0) is 17.3. The van der Waals surface area contributed by atoms with E-state index < -0.39 is 11.7 Å². The number of para-hydroxylation sites is 1. The molecule has 0 bridgehead atoms. The first-order valence-corrected chi connectivity index (χ1v) is 8.35. The SMILES string of the molecule is O=C(CBr)c1cn(Cc2ccc(C(F)(F)F)cc2)c2ccccc12. The highest BCUT2D eigenvalue weighted by molar-refractivity contribution is 9.09. The molecule has 0 atom stereocenters. The van der Waals surface area contributed by atoms with Gasteiger partial charge in [0.1, 0.15) is 0 Å². The van der Waals surface area contributed by atoms with E-state index in [0.717, 1.165) is 28.6 Å². The molecular weight excluding hydrogens is 383 g/mol. The Labute approximate surface area is 145 Å². The van der Waals surface area contributed by atoms with Gasteiger partial charge in [-0.25, -0.2) is 0 Å². The summed E-state index contributed by atoms with van der Waals surface area (Å²) >= 11 is 3.17. The molecule has 2 aromatic carbocycles. The number of hydrogen-bond acceptors (Lipinski definition) is 1. The first kappa shape index (κ1) is 16.8. The van der Waals surface area contributed by atoms with Crippen LogP contribution in [0.25, 0.3) is 10.9 Å². The van der Waals surface area contributed by atoms with Crippen LogP contribution in [0.1, 0.15) is 21.5 Å². The summed E-state index contributed by atoms with van der Waals surface area (Å²) in [5.74, 6) is -0.0302. The number of hydrogen-bond donors (Lipinski definition) is 0. The number of fused-ring (bicyclic) bond motifs is 1. The fraction of sp³-hybridized carbons (Fsp3) is 0.167. The highest BCUT2D eigenvalue weighted by Gasteiger charge is 2.29. The zero-order valence-electron chi connectivity index (χ0n) is 12.5. The smallest absolute Gasteiger partial charge is 0.342 e. The van der Waals surface area contributed by atoms with Crippen LogP contribution in [0.3, 0.4) is 0 Å². The third-order valence-electron chi connectivity index (χ3n) is 3.84. The van der Waals surface area contributed by atoms with E-state index in [9.17, 15) is 18.0 Å². The molecule has 0 saturated heterocycles. The molecule has 0 aliphatic heterocycles. The van der Waals surface area contributed by atoms with E-state index in [-0.39, 0.29) is 11.1 Å². The largest absolute Gasteiger partial charge is 0.416 e. The molecule has 3 rings (SSSR count). The van der Waals surface area contributed by atoms with Crippen LogP contribution < -0.4 is 0 Å². The molecule has 0 spiro atoms. The summed E-state index contributed by atoms with van der Waals surface area (Å²) in [6.07, 6.45) is -2.58. The van der Waals surface area contributed by atoms with Gasteiger partial charge in [-0.2, -0.15) is 13.2 Å². The van der Waals surface area contributed by atoms with Gasteiger partial charge in [0.25, 0.3) is 0 Å². The van der Waals surface area contributed by atoms with Crippen molar-refractivity contribution >= 4 is 32.6 Å². The maximum atomic E-state index is 12.6. The van der Waals surface area contributed by atoms with Gasteiger partial charge in [-0.1, -0.05) is 46.3 Å². The molecule has 1 heterocycles. The highest BCUT2D eigenvalue weighted by Crippen LogP contribution is 2.29. The molecule has 1 aromatic heterocycles. The predicted octanol–water partition coefficient (Wildman–Crippen LogP) is 5.29. The number of carbonyl (C=O) groups is 1. The van der Waals surface area contributed by atoms with E-state index in [4.69, 9.17) is 0 Å². The van der Waals surface area contributed by atoms with E-state index >= 15 is 0 Å². The third kappa shape index (κ3) is 3.24. The maximum Gasteiger partial charge on any atom is 0.416 e. The zero-order valence-corrected chi connectivity index (χ0v) is 14.1. The second-order valence-corrected chi connectivity index (χ2v) is 6.00. The molecule has 0 aliphatic rings. The Hall–Kier alpha value is -2.08. The van der Waals surface area contributed by atoms with Crippen molar-refractivity contribution < 1.29 is 18.0 Å². The molecular formula is C18H13BrF3NO. The molecule has 2 nitrogen and oxygen atoms in total. The first-order chi connectivity index (χ1) is 11.4. The molecule has 24 heavy (non-hydrogen) atoms. The third-order valence-corrected chi connectivity index (χ3v) is 4.35. The predicted molar refractivity (Wildman–Crippen MR) is 90.6 cm³/mol. The Balaban J connectivity index is 1.97. The number of ketones is 1. The number of Topliss-reactive ketones (excluding diaryl/α,β-unsaturated/α-hetero) is 1. The summed E-state index contributed by atoms with van der Waals surface area (Å²) in [5, 5.41) is 1.07. The molecule has 0 N–H and O–H groups in total. The van der Waals surface area contributed by atoms with Gasteiger partial charge >= 0.3 is 6.18 Å². The quantitative estimate of drug-likeness (QED) is 0.434. The molecule has 0 aliphatic carbocycles. The summed E-state index contributed by atoms with van der Waals surface area (Å²) in [6, 6.07) is 12.6. The summed E-state index contributed by atoms with van der Waals surface area (Å²) < 4.78 is 39.8. The second-order valence-electron chi connectivity index (χ2n) is 5.44. The minimum atomic E-state index is -4.34. The first-order valence-electron chi connectivity index (χ1n) is 7.23. The molecule has 0 fully saturated rings. The number of nitrogens with zero attached hydrogens (tertiary/aromatic N) is 1. The Morgan fingerprint density at radius 1 is 1.04 bits per heavy atom. The van der Waals surface area contributed by atoms with Gasteiger partial charge in [0.15, 0.2) is 5.78 Å². The molecule has 0 unspecified atom stereocenters. The van der Waals surface area contributed by atoms with Gasteiger partial charge in [0.2, 0.25) is 0 Å². The Morgan fingerprint density at radius 3 is 2.33 bits per heavy atom. The van der Waals surface area contributed by atoms with E-state index in [1.807, 2.05) is 28.8 Å². The number of halogens is 4. The highest BCUT2D eigenvalue weighted by atomic mass is 79.9. The second kappa shape index (κ2) is 6.43. The van der Waals surface area contributed by atoms with E-state index in [0.29, 0.717) is 12.1 Å². The summed E-state index contributed by atoms with van der Waals surface area (Å²) in [7, 11) is 0. The van der Waals surface area contributed by atoms with Crippen molar-refractivity contribution in [2.45, 2.75) is 12.7 Å². The fourth-order valence-corrected chi connectivity index (χ4v) is 2.97. The van der Waals surface area contributed by atoms with Crippen LogP contribution in [0, 0.1) is 0 Å². The number of aromatic nitrogens is 1. The van der Waals surface area contributed by atoms with Crippen molar-refractivity contribution in [2.75, 3.05) is 5.33 Å². The van der Waals surface area contributed by atoms with Crippen molar-refractivity contribution in [1.29, 1.82) is 0 Å². The molecule has 124 valence electrons. The molecule has 3 aromatic rings. The van der Waals surface area contributed by atoms with Gasteiger partial charge < -0.3 is 4.57 Å². The number of carbonyl (C=O) groups excluding carboxylic acids is 1. The lowest BCUT2D eigenvalue weighted by Crippen LogP contribution is -2.05. The van der Waals surface area contributed by atoms with Gasteiger partial charge in [-0.05, 0) is 23.8 Å². The average Bonchev–Trinajstić information content (AvgIpc) is 2.93. The normalized spacial score (nSPS) is 11.8. The van der Waals surface area contributed by atoms with Crippen LogP contribution in [0.5, 0.6) is 0 Å². The molecule has 0 saturated carbocycles.